The summed E-state index contributed by atoms with van der Waals surface area (Å²) in [5, 5.41) is 2.63. The standard InChI is InChI=1S/C17H15F2N3O2/c18-13-4-3-12(9-14(13)19)17(24)21-10-11-5-6-20-15(8-11)22-7-1-2-16(22)23/h3-6,8-9H,1-2,7,10H2,(H,21,24). The zero-order chi connectivity index (χ0) is 17.1. The van der Waals surface area contributed by atoms with E-state index in [0.717, 1.165) is 24.1 Å². The van der Waals surface area contributed by atoms with E-state index in [9.17, 15) is 18.4 Å². The molecule has 5 nitrogen and oxygen atoms in total. The van der Waals surface area contributed by atoms with Crippen LogP contribution in [0.25, 0.3) is 0 Å². The Morgan fingerprint density at radius 2 is 2.04 bits per heavy atom. The lowest BCUT2D eigenvalue weighted by atomic mass is 10.2. The fraction of sp³-hybridized carbons (Fsp3) is 0.235. The van der Waals surface area contributed by atoms with Gasteiger partial charge in [-0.2, -0.15) is 0 Å². The van der Waals surface area contributed by atoms with E-state index in [-0.39, 0.29) is 18.0 Å². The molecule has 2 aromatic rings. The summed E-state index contributed by atoms with van der Waals surface area (Å²) in [5.74, 6) is -1.99. The summed E-state index contributed by atoms with van der Waals surface area (Å²) in [6.07, 6.45) is 2.89. The third kappa shape index (κ3) is 3.40. The van der Waals surface area contributed by atoms with E-state index in [1.807, 2.05) is 0 Å². The maximum absolute atomic E-state index is 13.2. The molecule has 0 aliphatic carbocycles. The summed E-state index contributed by atoms with van der Waals surface area (Å²) in [5.41, 5.74) is 0.800. The molecule has 2 heterocycles. The SMILES string of the molecule is O=C(NCc1ccnc(N2CCCC2=O)c1)c1ccc(F)c(F)c1. The number of nitrogens with zero attached hydrogens (tertiary/aromatic N) is 2. The van der Waals surface area contributed by atoms with Gasteiger partial charge in [0.15, 0.2) is 11.6 Å². The number of amides is 2. The zero-order valence-corrected chi connectivity index (χ0v) is 12.8. The second kappa shape index (κ2) is 6.74. The molecular weight excluding hydrogens is 316 g/mol. The molecule has 1 N–H and O–H groups in total. The van der Waals surface area contributed by atoms with E-state index in [4.69, 9.17) is 0 Å². The molecule has 0 radical (unpaired) electrons. The van der Waals surface area contributed by atoms with Crippen molar-refractivity contribution in [2.45, 2.75) is 19.4 Å². The molecule has 7 heteroatoms. The molecule has 1 aliphatic heterocycles. The smallest absolute Gasteiger partial charge is 0.251 e. The van der Waals surface area contributed by atoms with Crippen LogP contribution < -0.4 is 10.2 Å². The van der Waals surface area contributed by atoms with E-state index < -0.39 is 17.5 Å². The van der Waals surface area contributed by atoms with E-state index in [1.54, 1.807) is 23.2 Å². The first kappa shape index (κ1) is 16.0. The van der Waals surface area contributed by atoms with Crippen molar-refractivity contribution in [1.29, 1.82) is 0 Å². The number of benzene rings is 1. The van der Waals surface area contributed by atoms with Crippen molar-refractivity contribution in [2.75, 3.05) is 11.4 Å². The highest BCUT2D eigenvalue weighted by Crippen LogP contribution is 2.19. The Bertz CT molecular complexity index is 795. The molecule has 1 aliphatic rings. The fourth-order valence-electron chi connectivity index (χ4n) is 2.53. The fourth-order valence-corrected chi connectivity index (χ4v) is 2.53. The first-order chi connectivity index (χ1) is 11.5. The van der Waals surface area contributed by atoms with Gasteiger partial charge in [-0.25, -0.2) is 13.8 Å². The molecular formula is C17H15F2N3O2. The molecule has 0 bridgehead atoms. The second-order valence-electron chi connectivity index (χ2n) is 5.48. The molecule has 0 spiro atoms. The lowest BCUT2D eigenvalue weighted by molar-refractivity contribution is -0.117. The van der Waals surface area contributed by atoms with Crippen molar-refractivity contribution in [3.05, 3.63) is 59.3 Å². The molecule has 0 atom stereocenters. The van der Waals surface area contributed by atoms with Crippen molar-refractivity contribution in [1.82, 2.24) is 10.3 Å². The van der Waals surface area contributed by atoms with Crippen LogP contribution in [0, 0.1) is 11.6 Å². The number of nitrogens with one attached hydrogen (secondary N) is 1. The highest BCUT2D eigenvalue weighted by Gasteiger charge is 2.22. The van der Waals surface area contributed by atoms with Crippen LogP contribution >= 0.6 is 0 Å². The normalized spacial score (nSPS) is 14.1. The Morgan fingerprint density at radius 3 is 2.75 bits per heavy atom. The number of anilines is 1. The van der Waals surface area contributed by atoms with Crippen LogP contribution in [0.15, 0.2) is 36.5 Å². The number of rotatable bonds is 4. The quantitative estimate of drug-likeness (QED) is 0.936. The third-order valence-electron chi connectivity index (χ3n) is 3.79. The Morgan fingerprint density at radius 1 is 1.21 bits per heavy atom. The lowest BCUT2D eigenvalue weighted by Gasteiger charge is -2.15. The van der Waals surface area contributed by atoms with Gasteiger partial charge in [0.05, 0.1) is 0 Å². The number of carbonyl (C=O) groups excluding carboxylic acids is 2. The number of aromatic nitrogens is 1. The zero-order valence-electron chi connectivity index (χ0n) is 12.8. The summed E-state index contributed by atoms with van der Waals surface area (Å²) in [6, 6.07) is 6.43. The number of hydrogen-bond acceptors (Lipinski definition) is 3. The van der Waals surface area contributed by atoms with E-state index in [1.165, 1.54) is 6.07 Å². The van der Waals surface area contributed by atoms with Gasteiger partial charge in [0.1, 0.15) is 5.82 Å². The summed E-state index contributed by atoms with van der Waals surface area (Å²) >= 11 is 0. The van der Waals surface area contributed by atoms with Crippen molar-refractivity contribution in [3.8, 4) is 0 Å². The molecule has 2 amide bonds. The lowest BCUT2D eigenvalue weighted by Crippen LogP contribution is -2.26. The summed E-state index contributed by atoms with van der Waals surface area (Å²) < 4.78 is 26.1. The second-order valence-corrected chi connectivity index (χ2v) is 5.48. The molecule has 3 rings (SSSR count). The maximum atomic E-state index is 13.2. The van der Waals surface area contributed by atoms with Crippen LogP contribution in [0.1, 0.15) is 28.8 Å². The summed E-state index contributed by atoms with van der Waals surface area (Å²) in [7, 11) is 0. The minimum atomic E-state index is -1.07. The summed E-state index contributed by atoms with van der Waals surface area (Å²) in [6.45, 7) is 0.825. The number of pyridine rings is 1. The molecule has 1 saturated heterocycles. The van der Waals surface area contributed by atoms with Crippen LogP contribution in [-0.4, -0.2) is 23.3 Å². The highest BCUT2D eigenvalue weighted by atomic mass is 19.2. The molecule has 0 unspecified atom stereocenters. The van der Waals surface area contributed by atoms with Crippen molar-refractivity contribution < 1.29 is 18.4 Å². The molecule has 24 heavy (non-hydrogen) atoms. The van der Waals surface area contributed by atoms with Crippen molar-refractivity contribution >= 4 is 17.6 Å². The molecule has 1 aromatic carbocycles. The average molecular weight is 331 g/mol. The number of hydrogen-bond donors (Lipinski definition) is 1. The number of halogens is 2. The average Bonchev–Trinajstić information content (AvgIpc) is 3.01. The maximum Gasteiger partial charge on any atom is 0.251 e. The van der Waals surface area contributed by atoms with E-state index in [2.05, 4.69) is 10.3 Å². The first-order valence-electron chi connectivity index (χ1n) is 7.53. The highest BCUT2D eigenvalue weighted by molar-refractivity contribution is 5.95. The van der Waals surface area contributed by atoms with Gasteiger partial charge in [-0.1, -0.05) is 0 Å². The van der Waals surface area contributed by atoms with Gasteiger partial charge in [0.25, 0.3) is 5.91 Å². The van der Waals surface area contributed by atoms with Crippen LogP contribution in [-0.2, 0) is 11.3 Å². The van der Waals surface area contributed by atoms with Crippen LogP contribution in [0.3, 0.4) is 0 Å². The van der Waals surface area contributed by atoms with Crippen LogP contribution in [0.5, 0.6) is 0 Å². The van der Waals surface area contributed by atoms with Crippen molar-refractivity contribution in [3.63, 3.8) is 0 Å². The van der Waals surface area contributed by atoms with Gasteiger partial charge in [-0.15, -0.1) is 0 Å². The monoisotopic (exact) mass is 331 g/mol. The minimum Gasteiger partial charge on any atom is -0.348 e. The summed E-state index contributed by atoms with van der Waals surface area (Å²) in [4.78, 5) is 29.5. The van der Waals surface area contributed by atoms with Crippen LogP contribution in [0.2, 0.25) is 0 Å². The van der Waals surface area contributed by atoms with Gasteiger partial charge in [0, 0.05) is 31.3 Å². The van der Waals surface area contributed by atoms with E-state index in [0.29, 0.717) is 18.8 Å². The van der Waals surface area contributed by atoms with Gasteiger partial charge >= 0.3 is 0 Å². The first-order valence-corrected chi connectivity index (χ1v) is 7.53. The topological polar surface area (TPSA) is 62.3 Å². The van der Waals surface area contributed by atoms with Gasteiger partial charge < -0.3 is 5.32 Å². The predicted octanol–water partition coefficient (Wildman–Crippen LogP) is 2.42. The Kier molecular flexibility index (Phi) is 4.50. The van der Waals surface area contributed by atoms with Gasteiger partial charge in [-0.05, 0) is 42.3 Å². The van der Waals surface area contributed by atoms with Crippen molar-refractivity contribution in [2.24, 2.45) is 0 Å². The third-order valence-corrected chi connectivity index (χ3v) is 3.79. The minimum absolute atomic E-state index is 0.0328. The van der Waals surface area contributed by atoms with Gasteiger partial charge in [0.2, 0.25) is 5.91 Å². The molecule has 1 fully saturated rings. The molecule has 0 saturated carbocycles. The van der Waals surface area contributed by atoms with Crippen LogP contribution in [0.4, 0.5) is 14.6 Å². The van der Waals surface area contributed by atoms with Gasteiger partial charge in [-0.3, -0.25) is 14.5 Å². The van der Waals surface area contributed by atoms with E-state index >= 15 is 0 Å². The Balaban J connectivity index is 1.67. The Hall–Kier alpha value is -2.83. The number of carbonyl (C=O) groups is 2. The largest absolute Gasteiger partial charge is 0.348 e. The molecule has 124 valence electrons. The predicted molar refractivity (Wildman–Crippen MR) is 83.4 cm³/mol. The Labute approximate surface area is 137 Å². The molecule has 1 aromatic heterocycles.